The first kappa shape index (κ1) is 11.1. The van der Waals surface area contributed by atoms with Gasteiger partial charge in [-0.05, 0) is 0 Å². The molecular weight excluding hydrogens is 173 g/mol. The molecular formula is C6H11F3N2O. The topological polar surface area (TPSA) is 58.6 Å². The molecule has 3 N–H and O–H groups in total. The van der Waals surface area contributed by atoms with Crippen LogP contribution in [0, 0.1) is 5.41 Å². The average Bonchev–Trinajstić information content (AvgIpc) is 1.80. The maximum Gasteiger partial charge on any atom is 0.390 e. The zero-order chi connectivity index (χ0) is 9.99. The molecule has 0 aliphatic heterocycles. The average molecular weight is 184 g/mol. The van der Waals surface area contributed by atoms with Crippen LogP contribution in [-0.2, 0) is 0 Å². The Morgan fingerprint density at radius 2 is 1.83 bits per heavy atom. The van der Waals surface area contributed by atoms with Gasteiger partial charge in [-0.25, -0.2) is 0 Å². The van der Waals surface area contributed by atoms with Crippen molar-refractivity contribution in [1.29, 1.82) is 0 Å². The summed E-state index contributed by atoms with van der Waals surface area (Å²) in [7, 11) is 0. The standard InChI is InChI=1S/C6H11F3N2O/c1-5(2,4(10)11-12)3-6(7,8)9/h12H,3H2,1-2H3,(H2,10,11). The van der Waals surface area contributed by atoms with E-state index in [9.17, 15) is 13.2 Å². The third-order valence-corrected chi connectivity index (χ3v) is 1.44. The molecule has 0 spiro atoms. The molecule has 0 bridgehead atoms. The van der Waals surface area contributed by atoms with Crippen LogP contribution < -0.4 is 5.73 Å². The van der Waals surface area contributed by atoms with E-state index in [0.717, 1.165) is 0 Å². The number of hydrogen-bond acceptors (Lipinski definition) is 2. The van der Waals surface area contributed by atoms with Crippen LogP contribution in [0.4, 0.5) is 13.2 Å². The van der Waals surface area contributed by atoms with Crippen molar-refractivity contribution in [2.75, 3.05) is 0 Å². The molecule has 0 atom stereocenters. The minimum Gasteiger partial charge on any atom is -0.409 e. The summed E-state index contributed by atoms with van der Waals surface area (Å²) in [5.74, 6) is -0.417. The van der Waals surface area contributed by atoms with Gasteiger partial charge in [-0.3, -0.25) is 0 Å². The van der Waals surface area contributed by atoms with Crippen LogP contribution in [0.1, 0.15) is 20.3 Å². The summed E-state index contributed by atoms with van der Waals surface area (Å²) in [5, 5.41) is 10.7. The number of alkyl halides is 3. The Morgan fingerprint density at radius 3 is 2.08 bits per heavy atom. The first-order valence-corrected chi connectivity index (χ1v) is 3.24. The Balaban J connectivity index is 4.44. The molecule has 0 unspecified atom stereocenters. The van der Waals surface area contributed by atoms with Crippen molar-refractivity contribution in [3.05, 3.63) is 0 Å². The van der Waals surface area contributed by atoms with Gasteiger partial charge in [-0.15, -0.1) is 0 Å². The monoisotopic (exact) mass is 184 g/mol. The predicted molar refractivity (Wildman–Crippen MR) is 37.9 cm³/mol. The lowest BCUT2D eigenvalue weighted by molar-refractivity contribution is -0.147. The third kappa shape index (κ3) is 3.45. The highest BCUT2D eigenvalue weighted by atomic mass is 19.4. The molecule has 0 aliphatic carbocycles. The summed E-state index contributed by atoms with van der Waals surface area (Å²) in [4.78, 5) is 0. The summed E-state index contributed by atoms with van der Waals surface area (Å²) in [6, 6.07) is 0. The maximum absolute atomic E-state index is 11.9. The molecule has 0 aromatic carbocycles. The van der Waals surface area contributed by atoms with Gasteiger partial charge in [0.1, 0.15) is 5.84 Å². The van der Waals surface area contributed by atoms with Gasteiger partial charge in [-0.2, -0.15) is 13.2 Å². The van der Waals surface area contributed by atoms with Gasteiger partial charge in [0.2, 0.25) is 0 Å². The van der Waals surface area contributed by atoms with E-state index in [1.54, 1.807) is 0 Å². The summed E-state index contributed by atoms with van der Waals surface area (Å²) in [6.45, 7) is 2.52. The van der Waals surface area contributed by atoms with Crippen molar-refractivity contribution < 1.29 is 18.4 Å². The highest BCUT2D eigenvalue weighted by Gasteiger charge is 2.39. The molecule has 12 heavy (non-hydrogen) atoms. The van der Waals surface area contributed by atoms with Crippen LogP contribution in [0.2, 0.25) is 0 Å². The molecule has 0 saturated carbocycles. The summed E-state index contributed by atoms with van der Waals surface area (Å²) in [6.07, 6.45) is -5.41. The van der Waals surface area contributed by atoms with Crippen molar-refractivity contribution in [3.63, 3.8) is 0 Å². The Bertz CT molecular complexity index is 186. The molecule has 72 valence electrons. The lowest BCUT2D eigenvalue weighted by atomic mass is 9.88. The number of amidine groups is 1. The zero-order valence-electron chi connectivity index (χ0n) is 6.81. The smallest absolute Gasteiger partial charge is 0.390 e. The van der Waals surface area contributed by atoms with E-state index in [1.165, 1.54) is 13.8 Å². The number of nitrogens with zero attached hydrogens (tertiary/aromatic N) is 1. The Hall–Kier alpha value is -0.940. The quantitative estimate of drug-likeness (QED) is 0.297. The van der Waals surface area contributed by atoms with E-state index in [4.69, 9.17) is 10.9 Å². The van der Waals surface area contributed by atoms with Crippen molar-refractivity contribution in [3.8, 4) is 0 Å². The predicted octanol–water partition coefficient (Wildman–Crippen LogP) is 1.71. The fourth-order valence-electron chi connectivity index (χ4n) is 0.727. The van der Waals surface area contributed by atoms with Gasteiger partial charge in [-0.1, -0.05) is 19.0 Å². The third-order valence-electron chi connectivity index (χ3n) is 1.44. The molecule has 0 rings (SSSR count). The molecule has 0 aromatic heterocycles. The minimum absolute atomic E-state index is 0.417. The van der Waals surface area contributed by atoms with Crippen LogP contribution in [0.3, 0.4) is 0 Å². The second-order valence-corrected chi connectivity index (χ2v) is 3.16. The SMILES string of the molecule is CC(C)(CC(F)(F)F)/C(N)=N/O. The zero-order valence-corrected chi connectivity index (χ0v) is 6.81. The Labute approximate surface area is 68.0 Å². The number of hydrogen-bond donors (Lipinski definition) is 2. The van der Waals surface area contributed by atoms with Gasteiger partial charge in [0, 0.05) is 5.41 Å². The molecule has 0 fully saturated rings. The van der Waals surface area contributed by atoms with E-state index >= 15 is 0 Å². The van der Waals surface area contributed by atoms with Gasteiger partial charge in [0.05, 0.1) is 6.42 Å². The molecule has 0 saturated heterocycles. The lowest BCUT2D eigenvalue weighted by Gasteiger charge is -2.23. The second-order valence-electron chi connectivity index (χ2n) is 3.16. The molecule has 0 aromatic rings. The van der Waals surface area contributed by atoms with E-state index < -0.39 is 23.8 Å². The van der Waals surface area contributed by atoms with E-state index in [0.29, 0.717) is 0 Å². The number of rotatable bonds is 2. The molecule has 6 heteroatoms. The van der Waals surface area contributed by atoms with Crippen molar-refractivity contribution in [1.82, 2.24) is 0 Å². The van der Waals surface area contributed by atoms with Crippen LogP contribution in [-0.4, -0.2) is 17.2 Å². The van der Waals surface area contributed by atoms with Crippen molar-refractivity contribution >= 4 is 5.84 Å². The first-order valence-electron chi connectivity index (χ1n) is 3.24. The number of halogens is 3. The van der Waals surface area contributed by atoms with E-state index in [2.05, 4.69) is 5.16 Å². The van der Waals surface area contributed by atoms with Crippen LogP contribution in [0.5, 0.6) is 0 Å². The van der Waals surface area contributed by atoms with Crippen LogP contribution in [0.15, 0.2) is 5.16 Å². The number of oxime groups is 1. The van der Waals surface area contributed by atoms with Gasteiger partial charge in [0.25, 0.3) is 0 Å². The molecule has 3 nitrogen and oxygen atoms in total. The minimum atomic E-state index is -4.31. The fraction of sp³-hybridized carbons (Fsp3) is 0.833. The van der Waals surface area contributed by atoms with Gasteiger partial charge >= 0.3 is 6.18 Å². The largest absolute Gasteiger partial charge is 0.409 e. The van der Waals surface area contributed by atoms with Gasteiger partial charge < -0.3 is 10.9 Å². The molecule has 0 aliphatic rings. The molecule has 0 heterocycles. The second kappa shape index (κ2) is 3.20. The van der Waals surface area contributed by atoms with Crippen LogP contribution in [0.25, 0.3) is 0 Å². The van der Waals surface area contributed by atoms with E-state index in [-0.39, 0.29) is 0 Å². The summed E-state index contributed by atoms with van der Waals surface area (Å²) < 4.78 is 35.6. The van der Waals surface area contributed by atoms with Gasteiger partial charge in [0.15, 0.2) is 0 Å². The Kier molecular flexibility index (Phi) is 2.95. The van der Waals surface area contributed by atoms with Crippen molar-refractivity contribution in [2.45, 2.75) is 26.4 Å². The van der Waals surface area contributed by atoms with Crippen molar-refractivity contribution in [2.24, 2.45) is 16.3 Å². The summed E-state index contributed by atoms with van der Waals surface area (Å²) >= 11 is 0. The summed E-state index contributed by atoms with van der Waals surface area (Å²) in [5.41, 5.74) is 3.70. The van der Waals surface area contributed by atoms with Crippen LogP contribution >= 0.6 is 0 Å². The fourth-order valence-corrected chi connectivity index (χ4v) is 0.727. The molecule has 0 amide bonds. The highest BCUT2D eigenvalue weighted by molar-refractivity contribution is 5.85. The van der Waals surface area contributed by atoms with E-state index in [1.807, 2.05) is 0 Å². The molecule has 0 radical (unpaired) electrons. The normalized spacial score (nSPS) is 14.9. The number of nitrogens with two attached hydrogens (primary N) is 1. The Morgan fingerprint density at radius 1 is 1.42 bits per heavy atom. The lowest BCUT2D eigenvalue weighted by Crippen LogP contribution is -2.36. The first-order chi connectivity index (χ1) is 5.19. The maximum atomic E-state index is 11.9. The highest BCUT2D eigenvalue weighted by Crippen LogP contribution is 2.32.